The van der Waals surface area contributed by atoms with E-state index in [4.69, 9.17) is 0 Å². The molecule has 1 aliphatic rings. The van der Waals surface area contributed by atoms with Crippen LogP contribution in [0.3, 0.4) is 0 Å². The Morgan fingerprint density at radius 3 is 2.30 bits per heavy atom. The van der Waals surface area contributed by atoms with Crippen molar-refractivity contribution < 1.29 is 13.2 Å². The van der Waals surface area contributed by atoms with Crippen LogP contribution >= 0.6 is 11.8 Å². The lowest BCUT2D eigenvalue weighted by atomic mass is 9.97. The largest absolute Gasteiger partial charge is 0.339 e. The van der Waals surface area contributed by atoms with Gasteiger partial charge in [-0.25, -0.2) is 13.1 Å². The highest BCUT2D eigenvalue weighted by Gasteiger charge is 2.25. The topological polar surface area (TPSA) is 66.5 Å². The van der Waals surface area contributed by atoms with E-state index in [1.54, 1.807) is 17.0 Å². The van der Waals surface area contributed by atoms with Gasteiger partial charge in [-0.1, -0.05) is 12.1 Å². The first-order valence-corrected chi connectivity index (χ1v) is 12.9. The number of sulfonamides is 1. The van der Waals surface area contributed by atoms with Crippen molar-refractivity contribution in [1.82, 2.24) is 9.62 Å². The van der Waals surface area contributed by atoms with Crippen LogP contribution in [0.15, 0.2) is 40.1 Å². The minimum absolute atomic E-state index is 0.0908. The fourth-order valence-electron chi connectivity index (χ4n) is 3.93. The van der Waals surface area contributed by atoms with Gasteiger partial charge < -0.3 is 4.90 Å². The van der Waals surface area contributed by atoms with E-state index in [0.717, 1.165) is 47.5 Å². The van der Waals surface area contributed by atoms with E-state index in [1.807, 2.05) is 40.0 Å². The van der Waals surface area contributed by atoms with Crippen LogP contribution in [0, 0.1) is 20.8 Å². The number of carbonyl (C=O) groups is 1. The Balaban J connectivity index is 1.91. The van der Waals surface area contributed by atoms with Gasteiger partial charge in [-0.3, -0.25) is 4.79 Å². The lowest BCUT2D eigenvalue weighted by molar-refractivity contribution is 0.0789. The molecule has 0 radical (unpaired) electrons. The zero-order chi connectivity index (χ0) is 22.1. The third-order valence-electron chi connectivity index (χ3n) is 5.79. The molecular formula is C23H30N2O3S2. The molecule has 30 heavy (non-hydrogen) atoms. The molecule has 1 amide bonds. The Morgan fingerprint density at radius 1 is 1.03 bits per heavy atom. The van der Waals surface area contributed by atoms with Gasteiger partial charge in [-0.15, -0.1) is 11.8 Å². The van der Waals surface area contributed by atoms with E-state index >= 15 is 0 Å². The Kier molecular flexibility index (Phi) is 6.95. The molecule has 0 bridgehead atoms. The van der Waals surface area contributed by atoms with Gasteiger partial charge in [0.1, 0.15) is 0 Å². The highest BCUT2D eigenvalue weighted by Crippen LogP contribution is 2.28. The number of hydrogen-bond acceptors (Lipinski definition) is 4. The number of aryl methyl sites for hydroxylation is 3. The standard InChI is InChI=1S/C23H30N2O3S2/c1-15-12-17(3)20(13-16(15)2)18(4)24-30(27,28)19-8-9-22(29-5)21(14-19)23(26)25-10-6-7-11-25/h8-9,12-14,18,24H,6-7,10-11H2,1-5H3/t18-/m1/s1. The summed E-state index contributed by atoms with van der Waals surface area (Å²) in [4.78, 5) is 15.7. The van der Waals surface area contributed by atoms with E-state index in [2.05, 4.69) is 10.8 Å². The van der Waals surface area contributed by atoms with E-state index < -0.39 is 10.0 Å². The zero-order valence-electron chi connectivity index (χ0n) is 18.3. The minimum atomic E-state index is -3.78. The summed E-state index contributed by atoms with van der Waals surface area (Å²) in [7, 11) is -3.78. The molecule has 5 nitrogen and oxygen atoms in total. The number of nitrogens with zero attached hydrogens (tertiary/aromatic N) is 1. The van der Waals surface area contributed by atoms with Gasteiger partial charge in [-0.05, 0) is 87.2 Å². The van der Waals surface area contributed by atoms with Crippen LogP contribution in [0.2, 0.25) is 0 Å². The average molecular weight is 447 g/mol. The van der Waals surface area contributed by atoms with Crippen LogP contribution in [0.5, 0.6) is 0 Å². The zero-order valence-corrected chi connectivity index (χ0v) is 19.9. The van der Waals surface area contributed by atoms with Crippen LogP contribution in [0.4, 0.5) is 0 Å². The first kappa shape index (κ1) is 22.8. The molecule has 1 fully saturated rings. The van der Waals surface area contributed by atoms with Crippen LogP contribution in [0.25, 0.3) is 0 Å². The molecule has 0 saturated carbocycles. The first-order valence-electron chi connectivity index (χ1n) is 10.2. The molecule has 0 aliphatic carbocycles. The summed E-state index contributed by atoms with van der Waals surface area (Å²) in [5.74, 6) is -0.0908. The summed E-state index contributed by atoms with van der Waals surface area (Å²) >= 11 is 1.45. The normalized spacial score (nSPS) is 15.4. The van der Waals surface area contributed by atoms with Crippen molar-refractivity contribution in [3.63, 3.8) is 0 Å². The third kappa shape index (κ3) is 4.74. The van der Waals surface area contributed by atoms with Crippen molar-refractivity contribution in [2.45, 2.75) is 56.4 Å². The molecule has 0 unspecified atom stereocenters. The van der Waals surface area contributed by atoms with Gasteiger partial charge in [0.15, 0.2) is 0 Å². The van der Waals surface area contributed by atoms with Crippen molar-refractivity contribution in [2.24, 2.45) is 0 Å². The molecule has 0 spiro atoms. The molecule has 7 heteroatoms. The van der Waals surface area contributed by atoms with Crippen molar-refractivity contribution in [3.05, 3.63) is 58.1 Å². The van der Waals surface area contributed by atoms with Crippen molar-refractivity contribution in [2.75, 3.05) is 19.3 Å². The van der Waals surface area contributed by atoms with Gasteiger partial charge in [0.2, 0.25) is 10.0 Å². The van der Waals surface area contributed by atoms with Crippen LogP contribution in [-0.4, -0.2) is 38.6 Å². The number of nitrogens with one attached hydrogen (secondary N) is 1. The highest BCUT2D eigenvalue weighted by molar-refractivity contribution is 7.98. The monoisotopic (exact) mass is 446 g/mol. The molecule has 1 aliphatic heterocycles. The predicted molar refractivity (Wildman–Crippen MR) is 123 cm³/mol. The van der Waals surface area contributed by atoms with Crippen LogP contribution in [0.1, 0.15) is 58.4 Å². The number of amides is 1. The first-order chi connectivity index (χ1) is 14.1. The molecule has 1 saturated heterocycles. The molecule has 162 valence electrons. The number of rotatable bonds is 6. The molecular weight excluding hydrogens is 416 g/mol. The van der Waals surface area contributed by atoms with Gasteiger partial charge in [0.05, 0.1) is 10.5 Å². The third-order valence-corrected chi connectivity index (χ3v) is 8.12. The second-order valence-electron chi connectivity index (χ2n) is 8.00. The second-order valence-corrected chi connectivity index (χ2v) is 10.6. The van der Waals surface area contributed by atoms with Gasteiger partial charge in [0.25, 0.3) is 5.91 Å². The molecule has 0 aromatic heterocycles. The summed E-state index contributed by atoms with van der Waals surface area (Å²) < 4.78 is 29.1. The number of hydrogen-bond donors (Lipinski definition) is 1. The Morgan fingerprint density at radius 2 is 1.67 bits per heavy atom. The number of benzene rings is 2. The van der Waals surface area contributed by atoms with Crippen molar-refractivity contribution in [3.8, 4) is 0 Å². The van der Waals surface area contributed by atoms with Crippen LogP contribution in [-0.2, 0) is 10.0 Å². The second kappa shape index (κ2) is 9.12. The van der Waals surface area contributed by atoms with E-state index in [0.29, 0.717) is 5.56 Å². The molecule has 1 heterocycles. The van der Waals surface area contributed by atoms with Gasteiger partial charge >= 0.3 is 0 Å². The summed E-state index contributed by atoms with van der Waals surface area (Å²) in [6.45, 7) is 9.37. The summed E-state index contributed by atoms with van der Waals surface area (Å²) in [6.07, 6.45) is 3.88. The maximum Gasteiger partial charge on any atom is 0.255 e. The van der Waals surface area contributed by atoms with Gasteiger partial charge in [0, 0.05) is 24.0 Å². The molecule has 1 atom stereocenters. The maximum atomic E-state index is 13.1. The average Bonchev–Trinajstić information content (AvgIpc) is 3.24. The molecule has 2 aromatic rings. The summed E-state index contributed by atoms with van der Waals surface area (Å²) in [5.41, 5.74) is 4.78. The Bertz CT molecular complexity index is 1060. The fourth-order valence-corrected chi connectivity index (χ4v) is 5.74. The van der Waals surface area contributed by atoms with E-state index in [1.165, 1.54) is 23.4 Å². The van der Waals surface area contributed by atoms with Crippen LogP contribution < -0.4 is 4.72 Å². The lowest BCUT2D eigenvalue weighted by Crippen LogP contribution is -2.30. The van der Waals surface area contributed by atoms with E-state index in [9.17, 15) is 13.2 Å². The van der Waals surface area contributed by atoms with Crippen molar-refractivity contribution >= 4 is 27.7 Å². The highest BCUT2D eigenvalue weighted by atomic mass is 32.2. The predicted octanol–water partition coefficient (Wildman–Crippen LogP) is 4.61. The molecule has 3 rings (SSSR count). The summed E-state index contributed by atoms with van der Waals surface area (Å²) in [5, 5.41) is 0. The fraction of sp³-hybridized carbons (Fsp3) is 0.435. The maximum absolute atomic E-state index is 13.1. The molecule has 2 aromatic carbocycles. The number of carbonyl (C=O) groups excluding carboxylic acids is 1. The lowest BCUT2D eigenvalue weighted by Gasteiger charge is -2.20. The summed E-state index contributed by atoms with van der Waals surface area (Å²) in [6, 6.07) is 8.57. The minimum Gasteiger partial charge on any atom is -0.339 e. The number of thioether (sulfide) groups is 1. The van der Waals surface area contributed by atoms with E-state index in [-0.39, 0.29) is 16.8 Å². The van der Waals surface area contributed by atoms with Gasteiger partial charge in [-0.2, -0.15) is 0 Å². The Hall–Kier alpha value is -1.83. The SMILES string of the molecule is CSc1ccc(S(=O)(=O)N[C@H](C)c2cc(C)c(C)cc2C)cc1C(=O)N1CCCC1. The quantitative estimate of drug-likeness (QED) is 0.658. The Labute approximate surface area is 184 Å². The molecule has 1 N–H and O–H groups in total. The van der Waals surface area contributed by atoms with Crippen molar-refractivity contribution in [1.29, 1.82) is 0 Å². The smallest absolute Gasteiger partial charge is 0.255 e. The number of likely N-dealkylation sites (tertiary alicyclic amines) is 1.